The van der Waals surface area contributed by atoms with Gasteiger partial charge in [0.05, 0.1) is 6.10 Å². The van der Waals surface area contributed by atoms with Crippen molar-refractivity contribution in [1.82, 2.24) is 0 Å². The lowest BCUT2D eigenvalue weighted by Gasteiger charge is -2.23. The molecule has 0 radical (unpaired) electrons. The Kier molecular flexibility index (Phi) is 5.56. The summed E-state index contributed by atoms with van der Waals surface area (Å²) in [6, 6.07) is 0. The van der Waals surface area contributed by atoms with Gasteiger partial charge in [-0.1, -0.05) is 33.6 Å². The second kappa shape index (κ2) is 5.58. The molecule has 0 aliphatic carbocycles. The Morgan fingerprint density at radius 3 is 2.25 bits per heavy atom. The molecule has 0 fully saturated rings. The quantitative estimate of drug-likeness (QED) is 0.651. The predicted molar refractivity (Wildman–Crippen MR) is 54.2 cm³/mol. The van der Waals surface area contributed by atoms with Crippen molar-refractivity contribution in [3.63, 3.8) is 0 Å². The average Bonchev–Trinajstić information content (AvgIpc) is 1.85. The molecule has 0 aliphatic rings. The van der Waals surface area contributed by atoms with Crippen molar-refractivity contribution >= 4 is 0 Å². The Morgan fingerprint density at radius 1 is 1.25 bits per heavy atom. The summed E-state index contributed by atoms with van der Waals surface area (Å²) in [5, 5.41) is 9.08. The van der Waals surface area contributed by atoms with E-state index in [-0.39, 0.29) is 6.10 Å². The molecule has 0 aromatic rings. The molecule has 0 bridgehead atoms. The number of aliphatic hydroxyl groups excluding tert-OH is 1. The van der Waals surface area contributed by atoms with E-state index in [4.69, 9.17) is 5.11 Å². The largest absolute Gasteiger partial charge is 0.393 e. The molecule has 1 nitrogen and oxygen atoms in total. The molecule has 0 amide bonds. The Hall–Kier alpha value is -0.0400. The van der Waals surface area contributed by atoms with E-state index in [0.29, 0.717) is 5.41 Å². The summed E-state index contributed by atoms with van der Waals surface area (Å²) in [6.07, 6.45) is 5.79. The second-order valence-corrected chi connectivity index (χ2v) is 4.66. The number of rotatable bonds is 6. The molecule has 1 atom stereocenters. The zero-order chi connectivity index (χ0) is 9.61. The van der Waals surface area contributed by atoms with Crippen molar-refractivity contribution in [1.29, 1.82) is 0 Å². The van der Waals surface area contributed by atoms with Crippen molar-refractivity contribution in [2.45, 2.75) is 65.9 Å². The summed E-state index contributed by atoms with van der Waals surface area (Å²) in [5.74, 6) is 0. The molecule has 1 heteroatoms. The summed E-state index contributed by atoms with van der Waals surface area (Å²) in [7, 11) is 0. The van der Waals surface area contributed by atoms with Crippen LogP contribution < -0.4 is 0 Å². The highest BCUT2D eigenvalue weighted by Crippen LogP contribution is 2.28. The molecule has 74 valence electrons. The number of aliphatic hydroxyl groups is 1. The second-order valence-electron chi connectivity index (χ2n) is 4.66. The van der Waals surface area contributed by atoms with Crippen LogP contribution in [0.25, 0.3) is 0 Å². The maximum Gasteiger partial charge on any atom is 0.0512 e. The van der Waals surface area contributed by atoms with E-state index >= 15 is 0 Å². The molecule has 0 aromatic heterocycles. The third-order valence-electron chi connectivity index (χ3n) is 2.40. The van der Waals surface area contributed by atoms with Crippen molar-refractivity contribution in [2.75, 3.05) is 0 Å². The summed E-state index contributed by atoms with van der Waals surface area (Å²) >= 11 is 0. The Morgan fingerprint density at radius 2 is 1.83 bits per heavy atom. The topological polar surface area (TPSA) is 20.2 Å². The van der Waals surface area contributed by atoms with Crippen LogP contribution in [0.4, 0.5) is 0 Å². The third kappa shape index (κ3) is 6.66. The molecule has 0 aliphatic heterocycles. The lowest BCUT2D eigenvalue weighted by atomic mass is 9.83. The Labute approximate surface area is 77.2 Å². The third-order valence-corrected chi connectivity index (χ3v) is 2.40. The zero-order valence-electron chi connectivity index (χ0n) is 9.06. The molecular weight excluding hydrogens is 148 g/mol. The summed E-state index contributed by atoms with van der Waals surface area (Å²) in [5.41, 5.74) is 0.476. The van der Waals surface area contributed by atoms with Crippen LogP contribution >= 0.6 is 0 Å². The van der Waals surface area contributed by atoms with E-state index in [1.165, 1.54) is 19.3 Å². The number of hydrogen-bond donors (Lipinski definition) is 1. The molecule has 0 spiro atoms. The van der Waals surface area contributed by atoms with Crippen molar-refractivity contribution < 1.29 is 5.11 Å². The Balaban J connectivity index is 3.46. The summed E-state index contributed by atoms with van der Waals surface area (Å²) in [6.45, 7) is 8.74. The predicted octanol–water partition coefficient (Wildman–Crippen LogP) is 3.36. The zero-order valence-corrected chi connectivity index (χ0v) is 9.06. The van der Waals surface area contributed by atoms with Crippen LogP contribution in [0.15, 0.2) is 0 Å². The van der Waals surface area contributed by atoms with Crippen LogP contribution in [0, 0.1) is 5.41 Å². The highest BCUT2D eigenvalue weighted by atomic mass is 16.3. The standard InChI is InChI=1S/C11H24O/c1-5-8-11(3,4)9-6-7-10(2)12/h10,12H,5-9H2,1-4H3. The molecule has 1 unspecified atom stereocenters. The van der Waals surface area contributed by atoms with Gasteiger partial charge in [-0.2, -0.15) is 0 Å². The van der Waals surface area contributed by atoms with Crippen LogP contribution in [0.1, 0.15) is 59.8 Å². The van der Waals surface area contributed by atoms with Gasteiger partial charge in [-0.05, 0) is 31.6 Å². The fraction of sp³-hybridized carbons (Fsp3) is 1.00. The smallest absolute Gasteiger partial charge is 0.0512 e. The van der Waals surface area contributed by atoms with Gasteiger partial charge in [0.1, 0.15) is 0 Å². The molecule has 0 saturated heterocycles. The summed E-state index contributed by atoms with van der Waals surface area (Å²) in [4.78, 5) is 0. The van der Waals surface area contributed by atoms with Gasteiger partial charge < -0.3 is 5.11 Å². The normalized spacial score (nSPS) is 14.8. The maximum absolute atomic E-state index is 9.08. The van der Waals surface area contributed by atoms with Gasteiger partial charge in [0.15, 0.2) is 0 Å². The van der Waals surface area contributed by atoms with Crippen LogP contribution in [-0.4, -0.2) is 11.2 Å². The Bertz CT molecular complexity index is 106. The van der Waals surface area contributed by atoms with Gasteiger partial charge in [-0.3, -0.25) is 0 Å². The fourth-order valence-electron chi connectivity index (χ4n) is 1.68. The highest BCUT2D eigenvalue weighted by molar-refractivity contribution is 4.68. The molecule has 0 aromatic carbocycles. The van der Waals surface area contributed by atoms with E-state index in [1.807, 2.05) is 6.92 Å². The van der Waals surface area contributed by atoms with Gasteiger partial charge in [-0.25, -0.2) is 0 Å². The monoisotopic (exact) mass is 172 g/mol. The van der Waals surface area contributed by atoms with Gasteiger partial charge in [0, 0.05) is 0 Å². The van der Waals surface area contributed by atoms with Gasteiger partial charge in [0.2, 0.25) is 0 Å². The minimum atomic E-state index is -0.123. The molecule has 0 heterocycles. The van der Waals surface area contributed by atoms with E-state index < -0.39 is 0 Å². The summed E-state index contributed by atoms with van der Waals surface area (Å²) < 4.78 is 0. The van der Waals surface area contributed by atoms with E-state index in [2.05, 4.69) is 20.8 Å². The first kappa shape index (κ1) is 12.0. The molecule has 12 heavy (non-hydrogen) atoms. The SMILES string of the molecule is CCCC(C)(C)CCCC(C)O. The van der Waals surface area contributed by atoms with Crippen LogP contribution in [0.5, 0.6) is 0 Å². The van der Waals surface area contributed by atoms with Crippen molar-refractivity contribution in [3.8, 4) is 0 Å². The minimum absolute atomic E-state index is 0.123. The van der Waals surface area contributed by atoms with Crippen LogP contribution in [0.3, 0.4) is 0 Å². The molecule has 1 N–H and O–H groups in total. The molecular formula is C11H24O. The fourth-order valence-corrected chi connectivity index (χ4v) is 1.68. The first-order valence-electron chi connectivity index (χ1n) is 5.16. The average molecular weight is 172 g/mol. The number of hydrogen-bond acceptors (Lipinski definition) is 1. The first-order chi connectivity index (χ1) is 5.48. The van der Waals surface area contributed by atoms with Crippen molar-refractivity contribution in [3.05, 3.63) is 0 Å². The van der Waals surface area contributed by atoms with E-state index in [9.17, 15) is 0 Å². The van der Waals surface area contributed by atoms with Crippen LogP contribution in [0.2, 0.25) is 0 Å². The van der Waals surface area contributed by atoms with E-state index in [0.717, 1.165) is 12.8 Å². The minimum Gasteiger partial charge on any atom is -0.393 e. The lowest BCUT2D eigenvalue weighted by Crippen LogP contribution is -2.11. The van der Waals surface area contributed by atoms with Gasteiger partial charge in [0.25, 0.3) is 0 Å². The van der Waals surface area contributed by atoms with Crippen LogP contribution in [-0.2, 0) is 0 Å². The van der Waals surface area contributed by atoms with Gasteiger partial charge in [-0.15, -0.1) is 0 Å². The first-order valence-corrected chi connectivity index (χ1v) is 5.16. The maximum atomic E-state index is 9.08. The van der Waals surface area contributed by atoms with Crippen molar-refractivity contribution in [2.24, 2.45) is 5.41 Å². The highest BCUT2D eigenvalue weighted by Gasteiger charge is 2.15. The van der Waals surface area contributed by atoms with E-state index in [1.54, 1.807) is 0 Å². The molecule has 0 saturated carbocycles. The lowest BCUT2D eigenvalue weighted by molar-refractivity contribution is 0.171. The molecule has 0 rings (SSSR count). The van der Waals surface area contributed by atoms with Gasteiger partial charge >= 0.3 is 0 Å².